The maximum atomic E-state index is 14.4. The van der Waals surface area contributed by atoms with Gasteiger partial charge in [0.1, 0.15) is 11.4 Å². The van der Waals surface area contributed by atoms with Gasteiger partial charge in [0.05, 0.1) is 27.4 Å². The summed E-state index contributed by atoms with van der Waals surface area (Å²) in [7, 11) is 0. The Bertz CT molecular complexity index is 1760. The van der Waals surface area contributed by atoms with Gasteiger partial charge in [-0.1, -0.05) is 48.5 Å². The van der Waals surface area contributed by atoms with Gasteiger partial charge in [0.2, 0.25) is 0 Å². The second kappa shape index (κ2) is 10.2. The van der Waals surface area contributed by atoms with E-state index in [0.717, 1.165) is 24.3 Å². The van der Waals surface area contributed by atoms with E-state index in [1.54, 1.807) is 0 Å². The maximum Gasteiger partial charge on any atom is 0.433 e. The second-order valence-corrected chi connectivity index (χ2v) is 9.03. The molecule has 0 fully saturated rings. The van der Waals surface area contributed by atoms with E-state index in [0.29, 0.717) is 9.36 Å². The van der Waals surface area contributed by atoms with Crippen LogP contribution in [-0.2, 0) is 12.4 Å². The molecule has 9 nitrogen and oxygen atoms in total. The summed E-state index contributed by atoms with van der Waals surface area (Å²) in [4.78, 5) is 37.7. The third-order valence-electron chi connectivity index (χ3n) is 6.46. The number of hydrogen-bond donors (Lipinski definition) is 2. The van der Waals surface area contributed by atoms with E-state index in [-0.39, 0.29) is 11.4 Å². The SMILES string of the molecule is O=c1c(C(c2ccc([N+](=O)[O-])cc2)c2c(C(F)(F)F)[nH]n(-c3ccccc3)c2=O)c(C(F)(F)F)[nH]n1-c1ccccc1. The summed E-state index contributed by atoms with van der Waals surface area (Å²) in [6.45, 7) is 0. The van der Waals surface area contributed by atoms with Crippen molar-refractivity contribution in [2.24, 2.45) is 0 Å². The summed E-state index contributed by atoms with van der Waals surface area (Å²) in [5.74, 6) is -2.26. The zero-order chi connectivity index (χ0) is 30.4. The zero-order valence-corrected chi connectivity index (χ0v) is 20.9. The molecule has 0 aliphatic rings. The third-order valence-corrected chi connectivity index (χ3v) is 6.46. The van der Waals surface area contributed by atoms with Crippen molar-refractivity contribution < 1.29 is 31.3 Å². The Morgan fingerprint density at radius 1 is 0.643 bits per heavy atom. The first-order valence-electron chi connectivity index (χ1n) is 12.0. The lowest BCUT2D eigenvalue weighted by Gasteiger charge is -2.18. The largest absolute Gasteiger partial charge is 0.433 e. The van der Waals surface area contributed by atoms with Crippen molar-refractivity contribution in [2.45, 2.75) is 18.3 Å². The van der Waals surface area contributed by atoms with Gasteiger partial charge >= 0.3 is 12.4 Å². The van der Waals surface area contributed by atoms with Gasteiger partial charge in [-0.3, -0.25) is 29.9 Å². The number of alkyl halides is 6. The van der Waals surface area contributed by atoms with Crippen molar-refractivity contribution in [1.82, 2.24) is 19.6 Å². The standard InChI is InChI=1S/C27H17F6N5O4/c28-26(29,30)22-20(24(39)36(34-22)16-7-3-1-4-8-16)19(15-11-13-18(14-12-15)38(41)42)21-23(27(31,32)33)35-37(25(21)40)17-9-5-2-6-10-17/h1-14,19,34-35H. The van der Waals surface area contributed by atoms with E-state index in [2.05, 4.69) is 0 Å². The number of aromatic amines is 2. The molecular weight excluding hydrogens is 572 g/mol. The van der Waals surface area contributed by atoms with Gasteiger partial charge in [0, 0.05) is 18.1 Å². The van der Waals surface area contributed by atoms with Crippen LogP contribution >= 0.6 is 0 Å². The van der Waals surface area contributed by atoms with Crippen LogP contribution in [0.1, 0.15) is 34.0 Å². The molecule has 0 atom stereocenters. The molecule has 0 spiro atoms. The fourth-order valence-electron chi connectivity index (χ4n) is 4.65. The molecule has 5 aromatic rings. The Hall–Kier alpha value is -5.34. The lowest BCUT2D eigenvalue weighted by Crippen LogP contribution is -2.27. The van der Waals surface area contributed by atoms with Crippen LogP contribution in [0, 0.1) is 10.1 Å². The highest BCUT2D eigenvalue weighted by Crippen LogP contribution is 2.42. The number of halogens is 6. The highest BCUT2D eigenvalue weighted by molar-refractivity contribution is 5.50. The summed E-state index contributed by atoms with van der Waals surface area (Å²) in [5.41, 5.74) is -9.60. The van der Waals surface area contributed by atoms with E-state index < -0.39 is 68.1 Å². The molecule has 0 unspecified atom stereocenters. The number of nitrogens with zero attached hydrogens (tertiary/aromatic N) is 3. The van der Waals surface area contributed by atoms with Crippen molar-refractivity contribution in [3.8, 4) is 11.4 Å². The highest BCUT2D eigenvalue weighted by Gasteiger charge is 2.46. The summed E-state index contributed by atoms with van der Waals surface area (Å²) in [5, 5.41) is 15.1. The number of H-pyrrole nitrogens is 2. The first-order chi connectivity index (χ1) is 19.8. The number of para-hydroxylation sites is 2. The summed E-state index contributed by atoms with van der Waals surface area (Å²) in [6, 6.07) is 17.5. The molecule has 42 heavy (non-hydrogen) atoms. The van der Waals surface area contributed by atoms with Crippen LogP contribution in [0.5, 0.6) is 0 Å². The van der Waals surface area contributed by atoms with Crippen molar-refractivity contribution in [2.75, 3.05) is 0 Å². The molecule has 2 N–H and O–H groups in total. The number of hydrogen-bond acceptors (Lipinski definition) is 4. The van der Waals surface area contributed by atoms with Crippen LogP contribution in [-0.4, -0.2) is 24.5 Å². The Morgan fingerprint density at radius 3 is 1.36 bits per heavy atom. The van der Waals surface area contributed by atoms with Gasteiger partial charge in [-0.2, -0.15) is 26.3 Å². The number of aromatic nitrogens is 4. The average Bonchev–Trinajstić information content (AvgIpc) is 3.48. The molecule has 15 heteroatoms. The fourth-order valence-corrected chi connectivity index (χ4v) is 4.65. The molecule has 0 saturated heterocycles. The topological polar surface area (TPSA) is 119 Å². The molecule has 0 aliphatic carbocycles. The monoisotopic (exact) mass is 589 g/mol. The number of nitro benzene ring substituents is 1. The molecule has 2 aromatic heterocycles. The molecule has 0 aliphatic heterocycles. The Morgan fingerprint density at radius 2 is 1.02 bits per heavy atom. The summed E-state index contributed by atoms with van der Waals surface area (Å²) < 4.78 is 87.6. The zero-order valence-electron chi connectivity index (χ0n) is 20.9. The third kappa shape index (κ3) is 5.00. The van der Waals surface area contributed by atoms with Gasteiger partial charge in [-0.05, 0) is 29.8 Å². The van der Waals surface area contributed by atoms with E-state index in [1.807, 2.05) is 10.2 Å². The minimum Gasteiger partial charge on any atom is -0.286 e. The molecule has 5 rings (SSSR count). The van der Waals surface area contributed by atoms with Crippen LogP contribution in [0.3, 0.4) is 0 Å². The molecule has 2 heterocycles. The molecule has 0 bridgehead atoms. The maximum absolute atomic E-state index is 14.4. The minimum absolute atomic E-state index is 0.0616. The van der Waals surface area contributed by atoms with Crippen molar-refractivity contribution in [1.29, 1.82) is 0 Å². The van der Waals surface area contributed by atoms with Crippen molar-refractivity contribution in [3.63, 3.8) is 0 Å². The normalized spacial score (nSPS) is 12.2. The molecule has 0 amide bonds. The van der Waals surface area contributed by atoms with Crippen molar-refractivity contribution >= 4 is 5.69 Å². The van der Waals surface area contributed by atoms with Crippen LogP contribution in [0.4, 0.5) is 32.0 Å². The molecule has 0 radical (unpaired) electrons. The van der Waals surface area contributed by atoms with Gasteiger partial charge in [0.15, 0.2) is 0 Å². The lowest BCUT2D eigenvalue weighted by atomic mass is 9.84. The first-order valence-corrected chi connectivity index (χ1v) is 12.0. The molecular formula is C27H17F6N5O4. The number of nitrogens with one attached hydrogen (secondary N) is 2. The number of nitro groups is 1. The Kier molecular flexibility index (Phi) is 6.88. The summed E-state index contributed by atoms with van der Waals surface area (Å²) in [6.07, 6.45) is -10.6. The van der Waals surface area contributed by atoms with E-state index in [9.17, 15) is 46.0 Å². The Labute approximate surface area is 230 Å². The smallest absolute Gasteiger partial charge is 0.286 e. The van der Waals surface area contributed by atoms with Crippen LogP contribution in [0.25, 0.3) is 11.4 Å². The second-order valence-electron chi connectivity index (χ2n) is 9.03. The van der Waals surface area contributed by atoms with Gasteiger partial charge in [-0.15, -0.1) is 0 Å². The first kappa shape index (κ1) is 28.2. The van der Waals surface area contributed by atoms with Crippen LogP contribution in [0.2, 0.25) is 0 Å². The predicted octanol–water partition coefficient (Wildman–Crippen LogP) is 5.77. The van der Waals surface area contributed by atoms with Crippen molar-refractivity contribution in [3.05, 3.63) is 144 Å². The van der Waals surface area contributed by atoms with Gasteiger partial charge in [-0.25, -0.2) is 9.36 Å². The number of rotatable bonds is 6. The van der Waals surface area contributed by atoms with Gasteiger partial charge < -0.3 is 0 Å². The minimum atomic E-state index is -5.29. The van der Waals surface area contributed by atoms with E-state index in [1.165, 1.54) is 60.7 Å². The predicted molar refractivity (Wildman–Crippen MR) is 137 cm³/mol. The number of benzene rings is 3. The molecule has 216 valence electrons. The van der Waals surface area contributed by atoms with E-state index >= 15 is 0 Å². The van der Waals surface area contributed by atoms with Gasteiger partial charge in [0.25, 0.3) is 16.8 Å². The molecule has 0 saturated carbocycles. The quantitative estimate of drug-likeness (QED) is 0.149. The van der Waals surface area contributed by atoms with E-state index in [4.69, 9.17) is 0 Å². The lowest BCUT2D eigenvalue weighted by molar-refractivity contribution is -0.384. The fraction of sp³-hybridized carbons (Fsp3) is 0.111. The van der Waals surface area contributed by atoms with Crippen LogP contribution < -0.4 is 11.1 Å². The van der Waals surface area contributed by atoms with Crippen LogP contribution in [0.15, 0.2) is 94.5 Å². The summed E-state index contributed by atoms with van der Waals surface area (Å²) >= 11 is 0. The highest BCUT2D eigenvalue weighted by atomic mass is 19.4. The average molecular weight is 589 g/mol. The number of non-ortho nitro benzene ring substituents is 1. The molecule has 3 aromatic carbocycles. The Balaban J connectivity index is 1.91.